The number of rotatable bonds is 5. The fourth-order valence-electron chi connectivity index (χ4n) is 1.89. The molecule has 0 aliphatic rings. The van der Waals surface area contributed by atoms with Crippen molar-refractivity contribution in [3.63, 3.8) is 0 Å². The van der Waals surface area contributed by atoms with Crippen LogP contribution >= 0.6 is 11.6 Å². The zero-order valence-electron chi connectivity index (χ0n) is 11.7. The van der Waals surface area contributed by atoms with E-state index in [-0.39, 0.29) is 29.6 Å². The van der Waals surface area contributed by atoms with Crippen molar-refractivity contribution in [1.29, 1.82) is 0 Å². The lowest BCUT2D eigenvalue weighted by Crippen LogP contribution is -2.44. The number of amides is 1. The largest absolute Gasteiger partial charge is 0.353 e. The van der Waals surface area contributed by atoms with Gasteiger partial charge in [0.25, 0.3) is 0 Å². The molecular formula is C15H21ClFNO. The van der Waals surface area contributed by atoms with Crippen LogP contribution in [0.5, 0.6) is 0 Å². The summed E-state index contributed by atoms with van der Waals surface area (Å²) in [7, 11) is 0. The molecule has 0 bridgehead atoms. The molecule has 0 spiro atoms. The zero-order valence-corrected chi connectivity index (χ0v) is 12.4. The first-order valence-electron chi connectivity index (χ1n) is 6.43. The minimum Gasteiger partial charge on any atom is -0.353 e. The SMILES string of the molecule is CC(C)(C)C(CCCl)NC(=O)Cc1ccccc1F. The number of benzene rings is 1. The molecule has 0 saturated heterocycles. The van der Waals surface area contributed by atoms with Gasteiger partial charge in [0.2, 0.25) is 5.91 Å². The molecule has 0 radical (unpaired) electrons. The Kier molecular flexibility index (Phi) is 5.80. The van der Waals surface area contributed by atoms with Gasteiger partial charge in [0.05, 0.1) is 6.42 Å². The third-order valence-corrected chi connectivity index (χ3v) is 3.31. The maximum Gasteiger partial charge on any atom is 0.224 e. The van der Waals surface area contributed by atoms with Gasteiger partial charge in [0.1, 0.15) is 5.82 Å². The summed E-state index contributed by atoms with van der Waals surface area (Å²) in [6.07, 6.45) is 0.760. The third-order valence-electron chi connectivity index (χ3n) is 3.09. The fraction of sp³-hybridized carbons (Fsp3) is 0.533. The summed E-state index contributed by atoms with van der Waals surface area (Å²) >= 11 is 5.76. The van der Waals surface area contributed by atoms with E-state index in [1.807, 2.05) is 20.8 Å². The lowest BCUT2D eigenvalue weighted by atomic mass is 9.85. The van der Waals surface area contributed by atoms with E-state index in [1.54, 1.807) is 18.2 Å². The van der Waals surface area contributed by atoms with Crippen LogP contribution in [-0.4, -0.2) is 17.8 Å². The van der Waals surface area contributed by atoms with Gasteiger partial charge in [-0.2, -0.15) is 0 Å². The molecule has 1 N–H and O–H groups in total. The monoisotopic (exact) mass is 285 g/mol. The molecule has 106 valence electrons. The molecule has 2 nitrogen and oxygen atoms in total. The zero-order chi connectivity index (χ0) is 14.5. The Labute approximate surface area is 119 Å². The summed E-state index contributed by atoms with van der Waals surface area (Å²) in [4.78, 5) is 12.0. The molecule has 1 atom stereocenters. The third kappa shape index (κ3) is 5.19. The number of carbonyl (C=O) groups is 1. The minimum absolute atomic E-state index is 0.00993. The highest BCUT2D eigenvalue weighted by atomic mass is 35.5. The van der Waals surface area contributed by atoms with E-state index in [0.29, 0.717) is 17.9 Å². The van der Waals surface area contributed by atoms with Crippen molar-refractivity contribution in [2.45, 2.75) is 39.7 Å². The Bertz CT molecular complexity index is 428. The Hall–Kier alpha value is -1.09. The summed E-state index contributed by atoms with van der Waals surface area (Å²) in [5.74, 6) is -0.0282. The number of nitrogens with one attached hydrogen (secondary N) is 1. The fourth-order valence-corrected chi connectivity index (χ4v) is 2.11. The summed E-state index contributed by atoms with van der Waals surface area (Å²) in [6, 6.07) is 6.32. The molecule has 1 unspecified atom stereocenters. The van der Waals surface area contributed by atoms with Crippen LogP contribution in [0.4, 0.5) is 4.39 Å². The number of hydrogen-bond acceptors (Lipinski definition) is 1. The van der Waals surface area contributed by atoms with Crippen molar-refractivity contribution < 1.29 is 9.18 Å². The van der Waals surface area contributed by atoms with Crippen molar-refractivity contribution in [1.82, 2.24) is 5.32 Å². The number of carbonyl (C=O) groups excluding carboxylic acids is 1. The molecule has 0 saturated carbocycles. The molecule has 0 heterocycles. The van der Waals surface area contributed by atoms with Gasteiger partial charge in [-0.3, -0.25) is 4.79 Å². The molecule has 1 aromatic carbocycles. The standard InChI is InChI=1S/C15H21ClFNO/c1-15(2,3)13(8-9-16)18-14(19)10-11-6-4-5-7-12(11)17/h4-7,13H,8-10H2,1-3H3,(H,18,19). The van der Waals surface area contributed by atoms with Gasteiger partial charge < -0.3 is 5.32 Å². The van der Waals surface area contributed by atoms with Gasteiger partial charge in [0.15, 0.2) is 0 Å². The van der Waals surface area contributed by atoms with Crippen LogP contribution in [0, 0.1) is 11.2 Å². The van der Waals surface area contributed by atoms with Crippen LogP contribution in [0.3, 0.4) is 0 Å². The first-order valence-corrected chi connectivity index (χ1v) is 6.96. The molecule has 1 amide bonds. The van der Waals surface area contributed by atoms with Crippen LogP contribution in [0.25, 0.3) is 0 Å². The van der Waals surface area contributed by atoms with Gasteiger partial charge in [-0.15, -0.1) is 11.6 Å². The maximum atomic E-state index is 13.5. The molecule has 0 aliphatic heterocycles. The van der Waals surface area contributed by atoms with Crippen LogP contribution in [0.15, 0.2) is 24.3 Å². The molecule has 1 aromatic rings. The quantitative estimate of drug-likeness (QED) is 0.824. The van der Waals surface area contributed by atoms with Gasteiger partial charge in [0, 0.05) is 11.9 Å². The molecule has 0 fully saturated rings. The maximum absolute atomic E-state index is 13.5. The first kappa shape index (κ1) is 16.0. The van der Waals surface area contributed by atoms with Crippen molar-refractivity contribution in [2.24, 2.45) is 5.41 Å². The predicted octanol–water partition coefficient (Wildman–Crippen LogP) is 3.53. The van der Waals surface area contributed by atoms with Gasteiger partial charge in [-0.1, -0.05) is 39.0 Å². The van der Waals surface area contributed by atoms with Crippen LogP contribution in [0.1, 0.15) is 32.8 Å². The Morgan fingerprint density at radius 3 is 2.53 bits per heavy atom. The van der Waals surface area contributed by atoms with Crippen molar-refractivity contribution in [3.8, 4) is 0 Å². The summed E-state index contributed by atoms with van der Waals surface area (Å²) in [6.45, 7) is 6.15. The Balaban J connectivity index is 2.66. The molecule has 19 heavy (non-hydrogen) atoms. The number of halogens is 2. The number of alkyl halides is 1. The number of hydrogen-bond donors (Lipinski definition) is 1. The van der Waals surface area contributed by atoms with Gasteiger partial charge >= 0.3 is 0 Å². The highest BCUT2D eigenvalue weighted by molar-refractivity contribution is 6.17. The van der Waals surface area contributed by atoms with Crippen LogP contribution in [0.2, 0.25) is 0 Å². The van der Waals surface area contributed by atoms with E-state index in [4.69, 9.17) is 11.6 Å². The van der Waals surface area contributed by atoms with E-state index in [9.17, 15) is 9.18 Å². The lowest BCUT2D eigenvalue weighted by Gasteiger charge is -2.31. The second-order valence-corrected chi connectivity index (χ2v) is 6.11. The van der Waals surface area contributed by atoms with Gasteiger partial charge in [-0.25, -0.2) is 4.39 Å². The smallest absolute Gasteiger partial charge is 0.224 e. The van der Waals surface area contributed by atoms with Gasteiger partial charge in [-0.05, 0) is 23.5 Å². The van der Waals surface area contributed by atoms with E-state index in [2.05, 4.69) is 5.32 Å². The lowest BCUT2D eigenvalue weighted by molar-refractivity contribution is -0.122. The topological polar surface area (TPSA) is 29.1 Å². The second kappa shape index (κ2) is 6.90. The predicted molar refractivity (Wildman–Crippen MR) is 76.8 cm³/mol. The van der Waals surface area contributed by atoms with E-state index < -0.39 is 0 Å². The van der Waals surface area contributed by atoms with Crippen molar-refractivity contribution in [2.75, 3.05) is 5.88 Å². The van der Waals surface area contributed by atoms with Crippen LogP contribution in [-0.2, 0) is 11.2 Å². The Morgan fingerprint density at radius 1 is 1.37 bits per heavy atom. The highest BCUT2D eigenvalue weighted by Crippen LogP contribution is 2.22. The summed E-state index contributed by atoms with van der Waals surface area (Å²) in [5.41, 5.74) is 0.346. The van der Waals surface area contributed by atoms with Crippen LogP contribution < -0.4 is 5.32 Å². The van der Waals surface area contributed by atoms with E-state index in [1.165, 1.54) is 6.07 Å². The van der Waals surface area contributed by atoms with E-state index in [0.717, 1.165) is 0 Å². The molecule has 0 aromatic heterocycles. The minimum atomic E-state index is -0.345. The van der Waals surface area contributed by atoms with Crippen molar-refractivity contribution >= 4 is 17.5 Å². The molecular weight excluding hydrogens is 265 g/mol. The molecule has 0 aliphatic carbocycles. The van der Waals surface area contributed by atoms with Crippen molar-refractivity contribution in [3.05, 3.63) is 35.6 Å². The normalized spacial score (nSPS) is 13.1. The summed E-state index contributed by atoms with van der Waals surface area (Å²) in [5, 5.41) is 2.94. The highest BCUT2D eigenvalue weighted by Gasteiger charge is 2.25. The average Bonchev–Trinajstić information content (AvgIpc) is 2.30. The Morgan fingerprint density at radius 2 is 2.00 bits per heavy atom. The molecule has 4 heteroatoms. The van der Waals surface area contributed by atoms with E-state index >= 15 is 0 Å². The average molecular weight is 286 g/mol. The second-order valence-electron chi connectivity index (χ2n) is 5.73. The molecule has 1 rings (SSSR count). The first-order chi connectivity index (χ1) is 8.84. The summed E-state index contributed by atoms with van der Waals surface area (Å²) < 4.78 is 13.5.